The molecular weight excluding hydrogens is 202 g/mol. The molecule has 0 amide bonds. The van der Waals surface area contributed by atoms with Crippen molar-refractivity contribution in [2.24, 2.45) is 5.92 Å². The van der Waals surface area contributed by atoms with Crippen LogP contribution in [-0.4, -0.2) is 18.6 Å². The minimum atomic E-state index is 0.497. The Hall–Kier alpha value is -1.45. The van der Waals surface area contributed by atoms with Crippen molar-refractivity contribution >= 4 is 11.5 Å². The normalized spacial score (nSPS) is 16.3. The van der Waals surface area contributed by atoms with Gasteiger partial charge in [-0.3, -0.25) is 0 Å². The highest BCUT2D eigenvalue weighted by molar-refractivity contribution is 5.53. The van der Waals surface area contributed by atoms with Crippen LogP contribution in [0.15, 0.2) is 12.1 Å². The third-order valence-corrected chi connectivity index (χ3v) is 3.13. The Kier molecular flexibility index (Phi) is 3.49. The van der Waals surface area contributed by atoms with Crippen LogP contribution in [0.3, 0.4) is 0 Å². The summed E-state index contributed by atoms with van der Waals surface area (Å²) < 4.78 is 5.08. The standard InChI is InChI=1S/C12H19N3O/c1-16-12-10(13)6-7-11(15-12)14-8-9-4-2-3-5-9/h6-7,9H,2-5,8,13H2,1H3,(H,14,15). The Bertz CT molecular complexity index is 348. The lowest BCUT2D eigenvalue weighted by Crippen LogP contribution is -2.12. The first-order valence-corrected chi connectivity index (χ1v) is 5.84. The molecule has 4 heteroatoms. The summed E-state index contributed by atoms with van der Waals surface area (Å²) in [6.07, 6.45) is 5.40. The SMILES string of the molecule is COc1nc(NCC2CCCC2)ccc1N. The number of nitrogens with zero attached hydrogens (tertiary/aromatic N) is 1. The maximum Gasteiger partial charge on any atom is 0.238 e. The predicted octanol–water partition coefficient (Wildman–Crippen LogP) is 2.27. The monoisotopic (exact) mass is 221 g/mol. The van der Waals surface area contributed by atoms with Crippen LogP contribution in [0.5, 0.6) is 5.88 Å². The molecule has 0 unspecified atom stereocenters. The van der Waals surface area contributed by atoms with Crippen LogP contribution in [0.2, 0.25) is 0 Å². The third-order valence-electron chi connectivity index (χ3n) is 3.13. The molecule has 1 aliphatic carbocycles. The van der Waals surface area contributed by atoms with E-state index in [0.29, 0.717) is 11.6 Å². The Balaban J connectivity index is 1.93. The summed E-state index contributed by atoms with van der Waals surface area (Å²) in [4.78, 5) is 4.29. The molecule has 4 nitrogen and oxygen atoms in total. The van der Waals surface area contributed by atoms with Crippen LogP contribution >= 0.6 is 0 Å². The fourth-order valence-electron chi connectivity index (χ4n) is 2.18. The molecule has 1 aliphatic rings. The van der Waals surface area contributed by atoms with Gasteiger partial charge < -0.3 is 15.8 Å². The lowest BCUT2D eigenvalue weighted by molar-refractivity contribution is 0.400. The Morgan fingerprint density at radius 3 is 2.88 bits per heavy atom. The highest BCUT2D eigenvalue weighted by Gasteiger charge is 2.14. The van der Waals surface area contributed by atoms with Gasteiger partial charge in [0.05, 0.1) is 12.8 Å². The molecule has 0 atom stereocenters. The van der Waals surface area contributed by atoms with Gasteiger partial charge in [0.25, 0.3) is 0 Å². The predicted molar refractivity (Wildman–Crippen MR) is 65.6 cm³/mol. The summed E-state index contributed by atoms with van der Waals surface area (Å²) in [6, 6.07) is 3.72. The van der Waals surface area contributed by atoms with Gasteiger partial charge in [-0.15, -0.1) is 0 Å². The fourth-order valence-corrected chi connectivity index (χ4v) is 2.18. The molecule has 0 bridgehead atoms. The molecular formula is C12H19N3O. The van der Waals surface area contributed by atoms with Crippen LogP contribution in [-0.2, 0) is 0 Å². The molecule has 0 aromatic carbocycles. The smallest absolute Gasteiger partial charge is 0.238 e. The van der Waals surface area contributed by atoms with E-state index < -0.39 is 0 Å². The van der Waals surface area contributed by atoms with Gasteiger partial charge in [-0.2, -0.15) is 4.98 Å². The van der Waals surface area contributed by atoms with Gasteiger partial charge in [0, 0.05) is 6.54 Å². The lowest BCUT2D eigenvalue weighted by atomic mass is 10.1. The molecule has 0 radical (unpaired) electrons. The van der Waals surface area contributed by atoms with Gasteiger partial charge in [0.15, 0.2) is 0 Å². The first-order chi connectivity index (χ1) is 7.79. The van der Waals surface area contributed by atoms with Crippen LogP contribution < -0.4 is 15.8 Å². The molecule has 2 rings (SSSR count). The first-order valence-electron chi connectivity index (χ1n) is 5.84. The molecule has 88 valence electrons. The summed E-state index contributed by atoms with van der Waals surface area (Å²) in [5.41, 5.74) is 6.28. The number of anilines is 2. The average molecular weight is 221 g/mol. The van der Waals surface area contributed by atoms with Crippen LogP contribution in [0, 0.1) is 5.92 Å². The first kappa shape index (κ1) is 11.0. The number of nitrogens with one attached hydrogen (secondary N) is 1. The van der Waals surface area contributed by atoms with Gasteiger partial charge in [-0.05, 0) is 30.9 Å². The second kappa shape index (κ2) is 5.05. The molecule has 16 heavy (non-hydrogen) atoms. The highest BCUT2D eigenvalue weighted by Crippen LogP contribution is 2.25. The maximum absolute atomic E-state index is 5.70. The van der Waals surface area contributed by atoms with E-state index in [-0.39, 0.29) is 0 Å². The average Bonchev–Trinajstić information content (AvgIpc) is 2.81. The number of nitrogen functional groups attached to an aromatic ring is 1. The highest BCUT2D eigenvalue weighted by atomic mass is 16.5. The number of nitrogens with two attached hydrogens (primary N) is 1. The Labute approximate surface area is 96.2 Å². The lowest BCUT2D eigenvalue weighted by Gasteiger charge is -2.12. The van der Waals surface area contributed by atoms with Gasteiger partial charge in [0.2, 0.25) is 5.88 Å². The van der Waals surface area contributed by atoms with E-state index in [2.05, 4.69) is 10.3 Å². The number of methoxy groups -OCH3 is 1. The minimum Gasteiger partial charge on any atom is -0.479 e. The number of ether oxygens (including phenoxy) is 1. The molecule has 1 heterocycles. The van der Waals surface area contributed by atoms with E-state index >= 15 is 0 Å². The second-order valence-corrected chi connectivity index (χ2v) is 4.33. The molecule has 1 saturated carbocycles. The number of pyridine rings is 1. The molecule has 0 spiro atoms. The Morgan fingerprint density at radius 1 is 1.44 bits per heavy atom. The van der Waals surface area contributed by atoms with E-state index in [1.807, 2.05) is 12.1 Å². The van der Waals surface area contributed by atoms with Crippen LogP contribution in [0.25, 0.3) is 0 Å². The molecule has 1 aromatic rings. The largest absolute Gasteiger partial charge is 0.479 e. The van der Waals surface area contributed by atoms with E-state index in [1.165, 1.54) is 25.7 Å². The molecule has 3 N–H and O–H groups in total. The quantitative estimate of drug-likeness (QED) is 0.818. The summed E-state index contributed by atoms with van der Waals surface area (Å²) >= 11 is 0. The van der Waals surface area contributed by atoms with Crippen LogP contribution in [0.4, 0.5) is 11.5 Å². The number of hydrogen-bond acceptors (Lipinski definition) is 4. The zero-order valence-electron chi connectivity index (χ0n) is 9.70. The number of hydrogen-bond donors (Lipinski definition) is 2. The zero-order valence-corrected chi connectivity index (χ0v) is 9.70. The van der Waals surface area contributed by atoms with Crippen molar-refractivity contribution in [2.45, 2.75) is 25.7 Å². The van der Waals surface area contributed by atoms with E-state index in [1.54, 1.807) is 7.11 Å². The van der Waals surface area contributed by atoms with Gasteiger partial charge >= 0.3 is 0 Å². The molecule has 1 aromatic heterocycles. The van der Waals surface area contributed by atoms with Crippen molar-refractivity contribution < 1.29 is 4.74 Å². The van der Waals surface area contributed by atoms with Crippen molar-refractivity contribution in [3.63, 3.8) is 0 Å². The second-order valence-electron chi connectivity index (χ2n) is 4.33. The number of rotatable bonds is 4. The van der Waals surface area contributed by atoms with Crippen molar-refractivity contribution in [2.75, 3.05) is 24.7 Å². The van der Waals surface area contributed by atoms with E-state index in [9.17, 15) is 0 Å². The van der Waals surface area contributed by atoms with Gasteiger partial charge in [-0.25, -0.2) is 0 Å². The molecule has 1 fully saturated rings. The van der Waals surface area contributed by atoms with Crippen LogP contribution in [0.1, 0.15) is 25.7 Å². The maximum atomic E-state index is 5.70. The summed E-state index contributed by atoms with van der Waals surface area (Å²) in [7, 11) is 1.58. The molecule has 0 saturated heterocycles. The van der Waals surface area contributed by atoms with E-state index in [0.717, 1.165) is 18.3 Å². The third kappa shape index (κ3) is 2.56. The fraction of sp³-hybridized carbons (Fsp3) is 0.583. The topological polar surface area (TPSA) is 60.2 Å². The number of aromatic nitrogens is 1. The van der Waals surface area contributed by atoms with Gasteiger partial charge in [-0.1, -0.05) is 12.8 Å². The zero-order chi connectivity index (χ0) is 11.4. The summed E-state index contributed by atoms with van der Waals surface area (Å²) in [6.45, 7) is 1.00. The van der Waals surface area contributed by atoms with Crippen molar-refractivity contribution in [1.29, 1.82) is 0 Å². The van der Waals surface area contributed by atoms with Crippen molar-refractivity contribution in [3.05, 3.63) is 12.1 Å². The van der Waals surface area contributed by atoms with Crippen molar-refractivity contribution in [3.8, 4) is 5.88 Å². The Morgan fingerprint density at radius 2 is 2.19 bits per heavy atom. The summed E-state index contributed by atoms with van der Waals surface area (Å²) in [5, 5.41) is 3.34. The molecule has 0 aliphatic heterocycles. The van der Waals surface area contributed by atoms with Crippen molar-refractivity contribution in [1.82, 2.24) is 4.98 Å². The van der Waals surface area contributed by atoms with Gasteiger partial charge in [0.1, 0.15) is 5.82 Å². The van der Waals surface area contributed by atoms with E-state index in [4.69, 9.17) is 10.5 Å². The minimum absolute atomic E-state index is 0.497. The summed E-state index contributed by atoms with van der Waals surface area (Å²) in [5.74, 6) is 2.14.